The van der Waals surface area contributed by atoms with Crippen LogP contribution < -0.4 is 16.5 Å². The fraction of sp³-hybridized carbons (Fsp3) is 0.500. The molecule has 5 nitrogen and oxygen atoms in total. The number of amides is 1. The van der Waals surface area contributed by atoms with Gasteiger partial charge in [0.1, 0.15) is 6.54 Å². The fourth-order valence-corrected chi connectivity index (χ4v) is 4.81. The average molecular weight is 376 g/mol. The van der Waals surface area contributed by atoms with Crippen molar-refractivity contribution in [1.82, 2.24) is 9.88 Å². The Morgan fingerprint density at radius 1 is 1.15 bits per heavy atom. The lowest BCUT2D eigenvalue weighted by Crippen LogP contribution is -2.54. The minimum atomic E-state index is -0.0111. The predicted octanol–water partition coefficient (Wildman–Crippen LogP) is 2.45. The molecule has 2 fully saturated rings. The van der Waals surface area contributed by atoms with E-state index in [1.54, 1.807) is 12.3 Å². The van der Waals surface area contributed by atoms with Crippen molar-refractivity contribution in [3.8, 4) is 0 Å². The maximum atomic E-state index is 12.7. The quantitative estimate of drug-likeness (QED) is 0.865. The highest BCUT2D eigenvalue weighted by Gasteiger charge is 2.39. The monoisotopic (exact) mass is 375 g/mol. The lowest BCUT2D eigenvalue weighted by atomic mass is 9.67. The van der Waals surface area contributed by atoms with Gasteiger partial charge in [0.15, 0.2) is 5.43 Å². The van der Waals surface area contributed by atoms with E-state index >= 15 is 0 Å². The molecule has 1 amide bonds. The molecule has 2 aromatic rings. The summed E-state index contributed by atoms with van der Waals surface area (Å²) < 4.78 is 1.86. The van der Waals surface area contributed by atoms with Crippen molar-refractivity contribution in [3.63, 3.8) is 0 Å². The molecule has 0 aliphatic heterocycles. The second kappa shape index (κ2) is 7.80. The number of carbonyl (C=O) groups is 1. The molecule has 0 saturated heterocycles. The van der Waals surface area contributed by atoms with Crippen LogP contribution in [0.1, 0.15) is 32.1 Å². The van der Waals surface area contributed by atoms with Crippen molar-refractivity contribution < 1.29 is 4.79 Å². The Labute approximate surface area is 159 Å². The van der Waals surface area contributed by atoms with Crippen LogP contribution in [-0.4, -0.2) is 22.6 Å². The maximum Gasteiger partial charge on any atom is 0.240 e. The summed E-state index contributed by atoms with van der Waals surface area (Å²) in [7, 11) is 0. The normalized spacial score (nSPS) is 27.6. The molecule has 140 valence electrons. The minimum absolute atomic E-state index is 0. The summed E-state index contributed by atoms with van der Waals surface area (Å²) in [5.41, 5.74) is 6.96. The van der Waals surface area contributed by atoms with E-state index in [4.69, 9.17) is 5.73 Å². The highest BCUT2D eigenvalue weighted by molar-refractivity contribution is 5.85. The molecular weight excluding hydrogens is 350 g/mol. The molecular formula is C20H26ClN3O2. The molecule has 2 bridgehead atoms. The predicted molar refractivity (Wildman–Crippen MR) is 105 cm³/mol. The van der Waals surface area contributed by atoms with Crippen LogP contribution in [0.25, 0.3) is 10.9 Å². The standard InChI is InChI=1S/C20H25N3O2.ClH/c21-15-10-13-4-3-5-14(11-15)20(13)22-19(25)12-23-9-8-18(24)16-6-1-2-7-17(16)23;/h1-2,6-9,13-15,20H,3-5,10-12,21H2,(H,22,25);1H. The zero-order chi connectivity index (χ0) is 17.4. The number of nitrogens with two attached hydrogens (primary N) is 1. The number of para-hydroxylation sites is 1. The third kappa shape index (κ3) is 3.64. The van der Waals surface area contributed by atoms with Crippen molar-refractivity contribution in [1.29, 1.82) is 0 Å². The maximum absolute atomic E-state index is 12.7. The Kier molecular flexibility index (Phi) is 5.68. The van der Waals surface area contributed by atoms with Gasteiger partial charge in [-0.3, -0.25) is 9.59 Å². The number of halogens is 1. The van der Waals surface area contributed by atoms with E-state index in [1.165, 1.54) is 12.5 Å². The Balaban J connectivity index is 0.00000196. The number of nitrogens with one attached hydrogen (secondary N) is 1. The highest BCUT2D eigenvalue weighted by Crippen LogP contribution is 2.39. The SMILES string of the molecule is Cl.NC1CC2CCCC(C1)C2NC(=O)Cn1ccc(=O)c2ccccc21. The molecule has 2 aliphatic rings. The van der Waals surface area contributed by atoms with Gasteiger partial charge in [-0.2, -0.15) is 0 Å². The summed E-state index contributed by atoms with van der Waals surface area (Å²) in [6.45, 7) is 0.239. The molecule has 0 spiro atoms. The smallest absolute Gasteiger partial charge is 0.240 e. The van der Waals surface area contributed by atoms with Gasteiger partial charge in [0.2, 0.25) is 5.91 Å². The number of pyridine rings is 1. The zero-order valence-electron chi connectivity index (χ0n) is 14.8. The van der Waals surface area contributed by atoms with Crippen molar-refractivity contribution >= 4 is 29.2 Å². The van der Waals surface area contributed by atoms with Gasteiger partial charge in [-0.1, -0.05) is 18.6 Å². The van der Waals surface area contributed by atoms with Crippen LogP contribution in [-0.2, 0) is 11.3 Å². The average Bonchev–Trinajstić information content (AvgIpc) is 2.58. The number of hydrogen-bond acceptors (Lipinski definition) is 3. The first kappa shape index (κ1) is 18.9. The van der Waals surface area contributed by atoms with E-state index < -0.39 is 0 Å². The van der Waals surface area contributed by atoms with Crippen molar-refractivity contribution in [2.75, 3.05) is 0 Å². The van der Waals surface area contributed by atoms with Crippen LogP contribution in [0.3, 0.4) is 0 Å². The molecule has 3 N–H and O–H groups in total. The second-order valence-electron chi connectivity index (χ2n) is 7.60. The van der Waals surface area contributed by atoms with E-state index in [2.05, 4.69) is 5.32 Å². The molecule has 2 unspecified atom stereocenters. The molecule has 1 aromatic heterocycles. The Hall–Kier alpha value is -1.85. The topological polar surface area (TPSA) is 77.1 Å². The first-order valence-corrected chi connectivity index (χ1v) is 9.25. The van der Waals surface area contributed by atoms with Gasteiger partial charge in [-0.05, 0) is 49.7 Å². The van der Waals surface area contributed by atoms with Crippen molar-refractivity contribution in [2.45, 2.75) is 50.7 Å². The fourth-order valence-electron chi connectivity index (χ4n) is 4.81. The first-order chi connectivity index (χ1) is 12.1. The molecule has 4 rings (SSSR count). The van der Waals surface area contributed by atoms with Gasteiger partial charge < -0.3 is 15.6 Å². The van der Waals surface area contributed by atoms with E-state index in [1.807, 2.05) is 22.8 Å². The number of aromatic nitrogens is 1. The summed E-state index contributed by atoms with van der Waals surface area (Å²) in [6, 6.07) is 9.50. The molecule has 2 aliphatic carbocycles. The van der Waals surface area contributed by atoms with Gasteiger partial charge in [0.05, 0.1) is 5.52 Å². The Morgan fingerprint density at radius 2 is 1.85 bits per heavy atom. The van der Waals surface area contributed by atoms with Crippen LogP contribution in [0, 0.1) is 11.8 Å². The molecule has 1 aromatic carbocycles. The summed E-state index contributed by atoms with van der Waals surface area (Å²) in [6.07, 6.45) is 7.32. The van der Waals surface area contributed by atoms with Crippen molar-refractivity contribution in [3.05, 3.63) is 46.8 Å². The van der Waals surface area contributed by atoms with E-state index in [0.29, 0.717) is 17.2 Å². The number of nitrogens with zero attached hydrogens (tertiary/aromatic N) is 1. The van der Waals surface area contributed by atoms with Crippen LogP contribution in [0.2, 0.25) is 0 Å². The Morgan fingerprint density at radius 3 is 2.58 bits per heavy atom. The number of carbonyl (C=O) groups excluding carboxylic acids is 1. The Bertz CT molecular complexity index is 836. The van der Waals surface area contributed by atoms with E-state index in [0.717, 1.165) is 31.2 Å². The van der Waals surface area contributed by atoms with E-state index in [9.17, 15) is 9.59 Å². The molecule has 2 saturated carbocycles. The van der Waals surface area contributed by atoms with Gasteiger partial charge >= 0.3 is 0 Å². The summed E-state index contributed by atoms with van der Waals surface area (Å²) >= 11 is 0. The summed E-state index contributed by atoms with van der Waals surface area (Å²) in [4.78, 5) is 24.7. The van der Waals surface area contributed by atoms with Gasteiger partial charge in [0.25, 0.3) is 0 Å². The van der Waals surface area contributed by atoms with E-state index in [-0.39, 0.29) is 42.4 Å². The number of fused-ring (bicyclic) bond motifs is 3. The summed E-state index contributed by atoms with van der Waals surface area (Å²) in [5, 5.41) is 3.93. The largest absolute Gasteiger partial charge is 0.351 e. The molecule has 1 heterocycles. The third-order valence-electron chi connectivity index (χ3n) is 5.90. The first-order valence-electron chi connectivity index (χ1n) is 9.25. The van der Waals surface area contributed by atoms with Gasteiger partial charge in [0, 0.05) is 29.7 Å². The number of rotatable bonds is 3. The van der Waals surface area contributed by atoms with Crippen LogP contribution >= 0.6 is 12.4 Å². The number of hydrogen-bond donors (Lipinski definition) is 2. The van der Waals surface area contributed by atoms with Crippen LogP contribution in [0.4, 0.5) is 0 Å². The lowest BCUT2D eigenvalue weighted by Gasteiger charge is -2.45. The third-order valence-corrected chi connectivity index (χ3v) is 5.90. The minimum Gasteiger partial charge on any atom is -0.351 e. The second-order valence-corrected chi connectivity index (χ2v) is 7.60. The molecule has 26 heavy (non-hydrogen) atoms. The number of benzene rings is 1. The summed E-state index contributed by atoms with van der Waals surface area (Å²) in [5.74, 6) is 1.04. The zero-order valence-corrected chi connectivity index (χ0v) is 15.6. The van der Waals surface area contributed by atoms with Gasteiger partial charge in [-0.25, -0.2) is 0 Å². The highest BCUT2D eigenvalue weighted by atomic mass is 35.5. The van der Waals surface area contributed by atoms with Gasteiger partial charge in [-0.15, -0.1) is 12.4 Å². The van der Waals surface area contributed by atoms with Crippen molar-refractivity contribution in [2.24, 2.45) is 17.6 Å². The van der Waals surface area contributed by atoms with Crippen LogP contribution in [0.15, 0.2) is 41.3 Å². The van der Waals surface area contributed by atoms with Crippen LogP contribution in [0.5, 0.6) is 0 Å². The molecule has 2 atom stereocenters. The molecule has 6 heteroatoms. The molecule has 0 radical (unpaired) electrons. The lowest BCUT2D eigenvalue weighted by molar-refractivity contribution is -0.123.